The predicted molar refractivity (Wildman–Crippen MR) is 60.0 cm³/mol. The normalized spacial score (nSPS) is 23.5. The van der Waals surface area contributed by atoms with Gasteiger partial charge in [0.15, 0.2) is 0 Å². The second-order valence-electron chi connectivity index (χ2n) is 4.91. The fourth-order valence-electron chi connectivity index (χ4n) is 2.11. The summed E-state index contributed by atoms with van der Waals surface area (Å²) in [5, 5.41) is 0. The molecule has 2 unspecified atom stereocenters. The molecule has 0 bridgehead atoms. The lowest BCUT2D eigenvalue weighted by Gasteiger charge is -2.19. The van der Waals surface area contributed by atoms with E-state index in [-0.39, 0.29) is 23.5 Å². The highest BCUT2D eigenvalue weighted by Crippen LogP contribution is 2.49. The molecule has 18 heavy (non-hydrogen) atoms. The van der Waals surface area contributed by atoms with E-state index in [4.69, 9.17) is 5.73 Å². The van der Waals surface area contributed by atoms with Crippen molar-refractivity contribution in [2.45, 2.75) is 44.5 Å². The van der Waals surface area contributed by atoms with Crippen LogP contribution in [-0.4, -0.2) is 11.2 Å². The molecular formula is C12H14F4N2. The van der Waals surface area contributed by atoms with Crippen LogP contribution >= 0.6 is 0 Å². The average Bonchev–Trinajstić information content (AvgIpc) is 2.92. The lowest BCUT2D eigenvalue weighted by molar-refractivity contribution is -0.139. The van der Waals surface area contributed by atoms with Gasteiger partial charge in [-0.1, -0.05) is 13.8 Å². The quantitative estimate of drug-likeness (QED) is 0.826. The summed E-state index contributed by atoms with van der Waals surface area (Å²) in [6.07, 6.45) is -5.60. The third-order valence-electron chi connectivity index (χ3n) is 3.04. The number of pyridine rings is 1. The van der Waals surface area contributed by atoms with Crippen LogP contribution in [0, 0.1) is 0 Å². The predicted octanol–water partition coefficient (Wildman–Crippen LogP) is 3.63. The van der Waals surface area contributed by atoms with E-state index in [0.717, 1.165) is 6.07 Å². The Kier molecular flexibility index (Phi) is 2.99. The second kappa shape index (κ2) is 4.10. The maximum atomic E-state index is 13.1. The molecule has 0 aromatic carbocycles. The summed E-state index contributed by atoms with van der Waals surface area (Å²) in [6, 6.07) is 1.15. The van der Waals surface area contributed by atoms with E-state index in [0.29, 0.717) is 0 Å². The van der Waals surface area contributed by atoms with Crippen molar-refractivity contribution in [3.8, 4) is 0 Å². The van der Waals surface area contributed by atoms with Gasteiger partial charge in [0.05, 0.1) is 11.3 Å². The number of rotatable bonds is 2. The molecule has 6 heteroatoms. The summed E-state index contributed by atoms with van der Waals surface area (Å²) in [5.74, 6) is -1.09. The van der Waals surface area contributed by atoms with Crippen LogP contribution in [0.15, 0.2) is 6.07 Å². The first-order valence-electron chi connectivity index (χ1n) is 5.73. The van der Waals surface area contributed by atoms with Gasteiger partial charge < -0.3 is 5.73 Å². The van der Waals surface area contributed by atoms with Crippen molar-refractivity contribution in [1.29, 1.82) is 0 Å². The van der Waals surface area contributed by atoms with Gasteiger partial charge in [-0.25, -0.2) is 9.37 Å². The standard InChI is InChI=1S/C12H14F4N2/c1-5(2)11-10(12(14,15)16)7(4-9(17)18-11)6-3-8(6)13/h4-6,8H,3H2,1-2H3,(H2,17,18). The molecule has 1 fully saturated rings. The highest BCUT2D eigenvalue weighted by molar-refractivity contribution is 5.48. The lowest BCUT2D eigenvalue weighted by Crippen LogP contribution is -2.16. The molecule has 0 spiro atoms. The molecule has 0 amide bonds. The molecule has 2 atom stereocenters. The molecule has 1 aliphatic carbocycles. The van der Waals surface area contributed by atoms with Crippen LogP contribution in [0.4, 0.5) is 23.4 Å². The molecule has 1 heterocycles. The van der Waals surface area contributed by atoms with Crippen LogP contribution in [0.2, 0.25) is 0 Å². The third-order valence-corrected chi connectivity index (χ3v) is 3.04. The molecule has 0 aliphatic heterocycles. The summed E-state index contributed by atoms with van der Waals surface area (Å²) >= 11 is 0. The lowest BCUT2D eigenvalue weighted by atomic mass is 9.96. The second-order valence-corrected chi connectivity index (χ2v) is 4.91. The first-order chi connectivity index (χ1) is 8.21. The zero-order valence-corrected chi connectivity index (χ0v) is 10.1. The van der Waals surface area contributed by atoms with E-state index in [1.165, 1.54) is 0 Å². The van der Waals surface area contributed by atoms with Crippen molar-refractivity contribution >= 4 is 5.82 Å². The van der Waals surface area contributed by atoms with Crippen molar-refractivity contribution in [2.24, 2.45) is 0 Å². The third kappa shape index (κ3) is 2.28. The monoisotopic (exact) mass is 262 g/mol. The molecule has 2 rings (SSSR count). The van der Waals surface area contributed by atoms with E-state index < -0.39 is 29.7 Å². The molecule has 0 saturated heterocycles. The molecule has 1 aromatic heterocycles. The molecule has 1 saturated carbocycles. The number of hydrogen-bond acceptors (Lipinski definition) is 2. The van der Waals surface area contributed by atoms with E-state index in [1.54, 1.807) is 13.8 Å². The first-order valence-corrected chi connectivity index (χ1v) is 5.73. The Morgan fingerprint density at radius 1 is 1.39 bits per heavy atom. The van der Waals surface area contributed by atoms with Gasteiger partial charge in [-0.05, 0) is 24.0 Å². The maximum absolute atomic E-state index is 13.1. The van der Waals surface area contributed by atoms with Gasteiger partial charge in [-0.3, -0.25) is 0 Å². The van der Waals surface area contributed by atoms with E-state index in [2.05, 4.69) is 4.98 Å². The van der Waals surface area contributed by atoms with Gasteiger partial charge >= 0.3 is 6.18 Å². The number of alkyl halides is 4. The van der Waals surface area contributed by atoms with Crippen molar-refractivity contribution in [2.75, 3.05) is 5.73 Å². The van der Waals surface area contributed by atoms with Gasteiger partial charge in [0, 0.05) is 5.92 Å². The first kappa shape index (κ1) is 13.1. The summed E-state index contributed by atoms with van der Waals surface area (Å²) < 4.78 is 52.4. The van der Waals surface area contributed by atoms with E-state index in [9.17, 15) is 17.6 Å². The van der Waals surface area contributed by atoms with E-state index in [1.807, 2.05) is 0 Å². The minimum atomic E-state index is -4.53. The number of halogens is 4. The van der Waals surface area contributed by atoms with Crippen molar-refractivity contribution < 1.29 is 17.6 Å². The maximum Gasteiger partial charge on any atom is 0.418 e. The Bertz CT molecular complexity index is 468. The molecule has 100 valence electrons. The largest absolute Gasteiger partial charge is 0.418 e. The number of nitrogens with zero attached hydrogens (tertiary/aromatic N) is 1. The van der Waals surface area contributed by atoms with Gasteiger partial charge in [0.1, 0.15) is 12.0 Å². The minimum absolute atomic E-state index is 0.0146. The average molecular weight is 262 g/mol. The minimum Gasteiger partial charge on any atom is -0.384 e. The van der Waals surface area contributed by atoms with Crippen LogP contribution in [0.1, 0.15) is 48.9 Å². The Morgan fingerprint density at radius 2 is 1.94 bits per heavy atom. The van der Waals surface area contributed by atoms with Crippen LogP contribution < -0.4 is 5.73 Å². The Balaban J connectivity index is 2.63. The fraction of sp³-hybridized carbons (Fsp3) is 0.583. The van der Waals surface area contributed by atoms with Gasteiger partial charge in [-0.15, -0.1) is 0 Å². The Morgan fingerprint density at radius 3 is 2.33 bits per heavy atom. The van der Waals surface area contributed by atoms with Gasteiger partial charge in [-0.2, -0.15) is 13.2 Å². The molecule has 1 aliphatic rings. The Labute approximate surface area is 102 Å². The number of nitrogens with two attached hydrogens (primary N) is 1. The summed E-state index contributed by atoms with van der Waals surface area (Å²) in [7, 11) is 0. The highest BCUT2D eigenvalue weighted by atomic mass is 19.4. The highest BCUT2D eigenvalue weighted by Gasteiger charge is 2.47. The van der Waals surface area contributed by atoms with Crippen molar-refractivity contribution in [1.82, 2.24) is 4.98 Å². The van der Waals surface area contributed by atoms with Crippen molar-refractivity contribution in [3.05, 3.63) is 22.9 Å². The molecule has 2 nitrogen and oxygen atoms in total. The Hall–Kier alpha value is -1.33. The van der Waals surface area contributed by atoms with Crippen LogP contribution in [0.3, 0.4) is 0 Å². The summed E-state index contributed by atoms with van der Waals surface area (Å²) in [5.41, 5.74) is 4.56. The number of anilines is 1. The summed E-state index contributed by atoms with van der Waals surface area (Å²) in [4.78, 5) is 3.77. The molecule has 0 radical (unpaired) electrons. The molecular weight excluding hydrogens is 248 g/mol. The van der Waals surface area contributed by atoms with Gasteiger partial charge in [0.2, 0.25) is 0 Å². The van der Waals surface area contributed by atoms with Crippen LogP contribution in [0.25, 0.3) is 0 Å². The van der Waals surface area contributed by atoms with Crippen LogP contribution in [0.5, 0.6) is 0 Å². The topological polar surface area (TPSA) is 38.9 Å². The molecule has 2 N–H and O–H groups in total. The summed E-state index contributed by atoms with van der Waals surface area (Å²) in [6.45, 7) is 3.22. The SMILES string of the molecule is CC(C)c1nc(N)cc(C2CC2F)c1C(F)(F)F. The van der Waals surface area contributed by atoms with E-state index >= 15 is 0 Å². The smallest absolute Gasteiger partial charge is 0.384 e. The number of aromatic nitrogens is 1. The van der Waals surface area contributed by atoms with Crippen LogP contribution in [-0.2, 0) is 6.18 Å². The zero-order valence-electron chi connectivity index (χ0n) is 10.1. The zero-order chi connectivity index (χ0) is 13.7. The number of hydrogen-bond donors (Lipinski definition) is 1. The van der Waals surface area contributed by atoms with Crippen molar-refractivity contribution in [3.63, 3.8) is 0 Å². The number of nitrogen functional groups attached to an aromatic ring is 1. The molecule has 1 aromatic rings. The van der Waals surface area contributed by atoms with Gasteiger partial charge in [0.25, 0.3) is 0 Å². The fourth-order valence-corrected chi connectivity index (χ4v) is 2.11.